The van der Waals surface area contributed by atoms with Crippen LogP contribution in [-0.2, 0) is 16.7 Å². The van der Waals surface area contributed by atoms with E-state index in [1.54, 1.807) is 0 Å². The largest absolute Gasteiger partial charge is 0.382 e. The summed E-state index contributed by atoms with van der Waals surface area (Å²) in [7, 11) is 0. The van der Waals surface area contributed by atoms with E-state index < -0.39 is 0 Å². The summed E-state index contributed by atoms with van der Waals surface area (Å²) in [6, 6.07) is 0. The van der Waals surface area contributed by atoms with Gasteiger partial charge in [-0.3, -0.25) is 0 Å². The molecular weight excluding hydrogens is 242 g/mol. The summed E-state index contributed by atoms with van der Waals surface area (Å²) in [5, 5.41) is 4.10. The number of hydrogen-bond acceptors (Lipinski definition) is 5. The van der Waals surface area contributed by atoms with Crippen LogP contribution in [0.25, 0.3) is 0 Å². The van der Waals surface area contributed by atoms with E-state index in [-0.39, 0.29) is 5.54 Å². The Hall–Kier alpha value is -0.940. The molecular formula is C14H25N3O2. The Morgan fingerprint density at radius 3 is 2.68 bits per heavy atom. The molecule has 0 aliphatic heterocycles. The van der Waals surface area contributed by atoms with Crippen molar-refractivity contribution in [1.29, 1.82) is 0 Å². The Kier molecular flexibility index (Phi) is 5.34. The van der Waals surface area contributed by atoms with Crippen LogP contribution in [0.1, 0.15) is 63.6 Å². The first-order valence-corrected chi connectivity index (χ1v) is 7.44. The molecule has 0 radical (unpaired) electrons. The minimum absolute atomic E-state index is 0.377. The van der Waals surface area contributed by atoms with Gasteiger partial charge in [-0.15, -0.1) is 0 Å². The van der Waals surface area contributed by atoms with Gasteiger partial charge in [0.15, 0.2) is 5.82 Å². The Morgan fingerprint density at radius 2 is 2.00 bits per heavy atom. The Balaban J connectivity index is 1.91. The van der Waals surface area contributed by atoms with Gasteiger partial charge in [-0.2, -0.15) is 4.98 Å². The predicted octanol–water partition coefficient (Wildman–Crippen LogP) is 2.55. The standard InChI is InChI=1S/C14H25N3O2/c1-2-18-11-7-8-12-16-13(17-19-12)14(15)9-5-3-4-6-10-14/h2-11,15H2,1H3. The maximum atomic E-state index is 6.46. The van der Waals surface area contributed by atoms with Crippen LogP contribution in [0.4, 0.5) is 0 Å². The highest BCUT2D eigenvalue weighted by molar-refractivity contribution is 5.04. The van der Waals surface area contributed by atoms with E-state index in [0.29, 0.717) is 11.7 Å². The number of aryl methyl sites for hydroxylation is 1. The van der Waals surface area contributed by atoms with E-state index in [4.69, 9.17) is 15.0 Å². The molecule has 0 bridgehead atoms. The normalized spacial score (nSPS) is 19.3. The number of hydrogen-bond donors (Lipinski definition) is 1. The van der Waals surface area contributed by atoms with Gasteiger partial charge in [-0.1, -0.05) is 30.8 Å². The van der Waals surface area contributed by atoms with Crippen molar-refractivity contribution in [2.45, 2.75) is 63.8 Å². The molecule has 1 aromatic rings. The predicted molar refractivity (Wildman–Crippen MR) is 72.7 cm³/mol. The Bertz CT molecular complexity index is 371. The van der Waals surface area contributed by atoms with Crippen LogP contribution in [0.2, 0.25) is 0 Å². The highest BCUT2D eigenvalue weighted by Gasteiger charge is 2.33. The first-order chi connectivity index (χ1) is 9.24. The molecule has 1 aromatic heterocycles. The van der Waals surface area contributed by atoms with E-state index in [0.717, 1.165) is 51.7 Å². The van der Waals surface area contributed by atoms with E-state index >= 15 is 0 Å². The van der Waals surface area contributed by atoms with Gasteiger partial charge in [-0.05, 0) is 26.2 Å². The zero-order valence-electron chi connectivity index (χ0n) is 11.9. The molecule has 0 aromatic carbocycles. The van der Waals surface area contributed by atoms with Gasteiger partial charge in [0, 0.05) is 19.6 Å². The van der Waals surface area contributed by atoms with Crippen LogP contribution in [-0.4, -0.2) is 23.4 Å². The van der Waals surface area contributed by atoms with Crippen LogP contribution in [0.3, 0.4) is 0 Å². The Morgan fingerprint density at radius 1 is 1.26 bits per heavy atom. The van der Waals surface area contributed by atoms with E-state index in [1.165, 1.54) is 12.8 Å². The summed E-state index contributed by atoms with van der Waals surface area (Å²) >= 11 is 0. The molecule has 1 aliphatic rings. The van der Waals surface area contributed by atoms with Crippen LogP contribution < -0.4 is 5.73 Å². The molecule has 1 saturated carbocycles. The molecule has 1 heterocycles. The van der Waals surface area contributed by atoms with Crippen molar-refractivity contribution in [2.24, 2.45) is 5.73 Å². The molecule has 0 amide bonds. The first-order valence-electron chi connectivity index (χ1n) is 7.44. The number of rotatable bonds is 6. The fourth-order valence-corrected chi connectivity index (χ4v) is 2.61. The van der Waals surface area contributed by atoms with Crippen molar-refractivity contribution >= 4 is 0 Å². The summed E-state index contributed by atoms with van der Waals surface area (Å²) in [4.78, 5) is 4.49. The second-order valence-corrected chi connectivity index (χ2v) is 5.38. The van der Waals surface area contributed by atoms with Crippen LogP contribution in [0.5, 0.6) is 0 Å². The molecule has 0 spiro atoms. The topological polar surface area (TPSA) is 74.2 Å². The van der Waals surface area contributed by atoms with Gasteiger partial charge >= 0.3 is 0 Å². The molecule has 5 nitrogen and oxygen atoms in total. The van der Waals surface area contributed by atoms with Gasteiger partial charge < -0.3 is 15.0 Å². The number of nitrogens with two attached hydrogens (primary N) is 1. The summed E-state index contributed by atoms with van der Waals surface area (Å²) in [5.41, 5.74) is 6.08. The summed E-state index contributed by atoms with van der Waals surface area (Å²) in [5.74, 6) is 1.38. The maximum Gasteiger partial charge on any atom is 0.226 e. The van der Waals surface area contributed by atoms with E-state index in [2.05, 4.69) is 10.1 Å². The lowest BCUT2D eigenvalue weighted by molar-refractivity contribution is 0.143. The molecule has 2 rings (SSSR count). The lowest BCUT2D eigenvalue weighted by Gasteiger charge is -2.23. The van der Waals surface area contributed by atoms with Crippen molar-refractivity contribution in [1.82, 2.24) is 10.1 Å². The zero-order valence-corrected chi connectivity index (χ0v) is 11.9. The fourth-order valence-electron chi connectivity index (χ4n) is 2.61. The fraction of sp³-hybridized carbons (Fsp3) is 0.857. The van der Waals surface area contributed by atoms with Gasteiger partial charge in [0.25, 0.3) is 0 Å². The van der Waals surface area contributed by atoms with Crippen LogP contribution >= 0.6 is 0 Å². The first kappa shape index (κ1) is 14.5. The van der Waals surface area contributed by atoms with Crippen molar-refractivity contribution in [3.8, 4) is 0 Å². The van der Waals surface area contributed by atoms with Gasteiger partial charge in [0.2, 0.25) is 5.89 Å². The molecule has 19 heavy (non-hydrogen) atoms. The summed E-state index contributed by atoms with van der Waals surface area (Å²) in [6.45, 7) is 3.48. The quantitative estimate of drug-likeness (QED) is 0.633. The lowest BCUT2D eigenvalue weighted by atomic mass is 9.91. The number of aromatic nitrogens is 2. The third-order valence-corrected chi connectivity index (χ3v) is 3.79. The zero-order chi connectivity index (χ0) is 13.6. The minimum atomic E-state index is -0.377. The van der Waals surface area contributed by atoms with Gasteiger partial charge in [-0.25, -0.2) is 0 Å². The molecule has 5 heteroatoms. The molecule has 1 fully saturated rings. The second-order valence-electron chi connectivity index (χ2n) is 5.38. The summed E-state index contributed by atoms with van der Waals surface area (Å²) < 4.78 is 10.6. The average Bonchev–Trinajstić information content (AvgIpc) is 2.78. The van der Waals surface area contributed by atoms with Gasteiger partial charge in [0.1, 0.15) is 0 Å². The molecule has 0 unspecified atom stereocenters. The van der Waals surface area contributed by atoms with Crippen molar-refractivity contribution in [2.75, 3.05) is 13.2 Å². The lowest BCUT2D eigenvalue weighted by Crippen LogP contribution is -2.37. The second kappa shape index (κ2) is 7.01. The highest BCUT2D eigenvalue weighted by Crippen LogP contribution is 2.31. The summed E-state index contributed by atoms with van der Waals surface area (Å²) in [6.07, 6.45) is 8.44. The molecule has 108 valence electrons. The number of ether oxygens (including phenoxy) is 1. The van der Waals surface area contributed by atoms with E-state index in [1.807, 2.05) is 6.92 Å². The third-order valence-electron chi connectivity index (χ3n) is 3.79. The van der Waals surface area contributed by atoms with Crippen molar-refractivity contribution in [3.63, 3.8) is 0 Å². The molecule has 1 aliphatic carbocycles. The molecule has 0 atom stereocenters. The number of nitrogens with zero attached hydrogens (tertiary/aromatic N) is 2. The smallest absolute Gasteiger partial charge is 0.226 e. The van der Waals surface area contributed by atoms with Crippen molar-refractivity contribution < 1.29 is 9.26 Å². The maximum absolute atomic E-state index is 6.46. The van der Waals surface area contributed by atoms with Gasteiger partial charge in [0.05, 0.1) is 5.54 Å². The third kappa shape index (κ3) is 4.01. The Labute approximate surface area is 114 Å². The van der Waals surface area contributed by atoms with Crippen molar-refractivity contribution in [3.05, 3.63) is 11.7 Å². The molecule has 0 saturated heterocycles. The van der Waals surface area contributed by atoms with Crippen LogP contribution in [0, 0.1) is 0 Å². The SMILES string of the molecule is CCOCCCc1nc(C2(N)CCCCCC2)no1. The van der Waals surface area contributed by atoms with Crippen LogP contribution in [0.15, 0.2) is 4.52 Å². The minimum Gasteiger partial charge on any atom is -0.382 e. The molecule has 2 N–H and O–H groups in total. The average molecular weight is 267 g/mol. The monoisotopic (exact) mass is 267 g/mol. The highest BCUT2D eigenvalue weighted by atomic mass is 16.5. The van der Waals surface area contributed by atoms with E-state index in [9.17, 15) is 0 Å².